The van der Waals surface area contributed by atoms with Gasteiger partial charge in [-0.25, -0.2) is 0 Å². The van der Waals surface area contributed by atoms with Gasteiger partial charge in [0.05, 0.1) is 5.02 Å². The van der Waals surface area contributed by atoms with Crippen LogP contribution in [0.25, 0.3) is 17.4 Å². The van der Waals surface area contributed by atoms with Gasteiger partial charge in [0.1, 0.15) is 17.2 Å². The average Bonchev–Trinajstić information content (AvgIpc) is 3.33. The molecular formula is C27H21Cl2N3O3. The van der Waals surface area contributed by atoms with Crippen molar-refractivity contribution in [2.24, 2.45) is 0 Å². The monoisotopic (exact) mass is 505 g/mol. The number of amides is 2. The lowest BCUT2D eigenvalue weighted by Gasteiger charge is -2.11. The van der Waals surface area contributed by atoms with Gasteiger partial charge in [-0.1, -0.05) is 40.9 Å². The second kappa shape index (κ2) is 11.0. The number of benzene rings is 2. The number of hydrogen-bond acceptors (Lipinski definition) is 4. The van der Waals surface area contributed by atoms with Crippen molar-refractivity contribution in [2.45, 2.75) is 13.5 Å². The highest BCUT2D eigenvalue weighted by Crippen LogP contribution is 2.32. The second-order valence-electron chi connectivity index (χ2n) is 7.74. The number of aromatic nitrogens is 1. The molecule has 0 fully saturated rings. The Morgan fingerprint density at radius 1 is 0.971 bits per heavy atom. The molecule has 0 bridgehead atoms. The van der Waals surface area contributed by atoms with Gasteiger partial charge in [-0.2, -0.15) is 0 Å². The van der Waals surface area contributed by atoms with Crippen LogP contribution in [0, 0.1) is 6.92 Å². The van der Waals surface area contributed by atoms with Crippen molar-refractivity contribution >= 4 is 41.1 Å². The molecule has 6 nitrogen and oxygen atoms in total. The molecule has 2 aromatic carbocycles. The van der Waals surface area contributed by atoms with Crippen LogP contribution < -0.4 is 10.6 Å². The highest BCUT2D eigenvalue weighted by Gasteiger charge is 2.16. The standard InChI is InChI=1S/C27H21Cl2N3O3/c1-17-2-4-19(5-3-17)26(33)32-24(27(34)31-16-18-10-12-30-13-11-18)15-21-7-9-25(35-21)22-14-20(28)6-8-23(22)29/h2-15H,16H2,1H3,(H,31,34)(H,32,33)/b24-15-. The molecule has 2 aromatic heterocycles. The van der Waals surface area contributed by atoms with Crippen molar-refractivity contribution in [3.8, 4) is 11.3 Å². The second-order valence-corrected chi connectivity index (χ2v) is 8.59. The molecule has 35 heavy (non-hydrogen) atoms. The van der Waals surface area contributed by atoms with Crippen molar-refractivity contribution in [2.75, 3.05) is 0 Å². The van der Waals surface area contributed by atoms with Gasteiger partial charge in [0.25, 0.3) is 11.8 Å². The fraction of sp³-hybridized carbons (Fsp3) is 0.0741. The lowest BCUT2D eigenvalue weighted by Crippen LogP contribution is -2.34. The van der Waals surface area contributed by atoms with E-state index in [2.05, 4.69) is 15.6 Å². The van der Waals surface area contributed by atoms with E-state index in [-0.39, 0.29) is 12.2 Å². The zero-order valence-corrected chi connectivity index (χ0v) is 20.2. The van der Waals surface area contributed by atoms with Gasteiger partial charge >= 0.3 is 0 Å². The maximum absolute atomic E-state index is 13.0. The van der Waals surface area contributed by atoms with Crippen LogP contribution in [-0.2, 0) is 11.3 Å². The van der Waals surface area contributed by atoms with E-state index in [1.54, 1.807) is 67.0 Å². The van der Waals surface area contributed by atoms with Gasteiger partial charge in [-0.3, -0.25) is 14.6 Å². The molecule has 0 saturated heterocycles. The summed E-state index contributed by atoms with van der Waals surface area (Å²) in [4.78, 5) is 29.8. The molecule has 4 rings (SSSR count). The van der Waals surface area contributed by atoms with Crippen molar-refractivity contribution in [3.05, 3.63) is 117 Å². The van der Waals surface area contributed by atoms with E-state index >= 15 is 0 Å². The molecule has 0 spiro atoms. The summed E-state index contributed by atoms with van der Waals surface area (Å²) in [6, 6.07) is 19.1. The molecule has 0 aliphatic carbocycles. The van der Waals surface area contributed by atoms with Crippen molar-refractivity contribution in [3.63, 3.8) is 0 Å². The number of aryl methyl sites for hydroxylation is 1. The summed E-state index contributed by atoms with van der Waals surface area (Å²) in [5.74, 6) is -0.0551. The molecule has 2 N–H and O–H groups in total. The Morgan fingerprint density at radius 2 is 1.71 bits per heavy atom. The normalized spacial score (nSPS) is 11.2. The fourth-order valence-corrected chi connectivity index (χ4v) is 3.62. The van der Waals surface area contributed by atoms with Crippen LogP contribution in [0.5, 0.6) is 0 Å². The zero-order valence-electron chi connectivity index (χ0n) is 18.7. The molecule has 0 saturated carbocycles. The van der Waals surface area contributed by atoms with Crippen LogP contribution >= 0.6 is 23.2 Å². The first kappa shape index (κ1) is 24.3. The number of nitrogens with one attached hydrogen (secondary N) is 2. The third-order valence-electron chi connectivity index (χ3n) is 5.12. The summed E-state index contributed by atoms with van der Waals surface area (Å²) in [6.45, 7) is 2.20. The third kappa shape index (κ3) is 6.38. The first-order valence-corrected chi connectivity index (χ1v) is 11.5. The van der Waals surface area contributed by atoms with Gasteiger partial charge in [-0.05, 0) is 67.1 Å². The van der Waals surface area contributed by atoms with Gasteiger partial charge in [0.2, 0.25) is 0 Å². The first-order valence-electron chi connectivity index (χ1n) is 10.7. The van der Waals surface area contributed by atoms with Gasteiger partial charge in [-0.15, -0.1) is 0 Å². The molecule has 0 aliphatic heterocycles. The summed E-state index contributed by atoms with van der Waals surface area (Å²) in [6.07, 6.45) is 4.75. The van der Waals surface area contributed by atoms with E-state index in [0.29, 0.717) is 32.7 Å². The predicted octanol–water partition coefficient (Wildman–Crippen LogP) is 6.04. The Bertz CT molecular complexity index is 1380. The highest BCUT2D eigenvalue weighted by molar-refractivity contribution is 6.35. The Balaban J connectivity index is 1.60. The molecule has 2 amide bonds. The SMILES string of the molecule is Cc1ccc(C(=O)N/C(=C\c2ccc(-c3cc(Cl)ccc3Cl)o2)C(=O)NCc2ccncc2)cc1. The van der Waals surface area contributed by atoms with Crippen molar-refractivity contribution in [1.82, 2.24) is 15.6 Å². The quantitative estimate of drug-likeness (QED) is 0.299. The number of hydrogen-bond donors (Lipinski definition) is 2. The molecule has 0 aliphatic rings. The minimum atomic E-state index is -0.471. The number of furan rings is 1. The number of carbonyl (C=O) groups excluding carboxylic acids is 2. The smallest absolute Gasteiger partial charge is 0.268 e. The Labute approximate surface area is 212 Å². The Hall–Kier alpha value is -3.87. The number of pyridine rings is 1. The van der Waals surface area contributed by atoms with E-state index in [1.807, 2.05) is 19.1 Å². The molecule has 0 atom stereocenters. The van der Waals surface area contributed by atoms with Crippen LogP contribution in [0.4, 0.5) is 0 Å². The van der Waals surface area contributed by atoms with Gasteiger partial charge in [0, 0.05) is 41.2 Å². The minimum Gasteiger partial charge on any atom is -0.457 e. The summed E-state index contributed by atoms with van der Waals surface area (Å²) in [5.41, 5.74) is 2.96. The maximum atomic E-state index is 13.0. The van der Waals surface area contributed by atoms with E-state index in [4.69, 9.17) is 27.6 Å². The average molecular weight is 506 g/mol. The van der Waals surface area contributed by atoms with Crippen LogP contribution in [0.15, 0.2) is 89.2 Å². The van der Waals surface area contributed by atoms with Gasteiger partial charge < -0.3 is 15.1 Å². The number of carbonyl (C=O) groups is 2. The summed E-state index contributed by atoms with van der Waals surface area (Å²) in [5, 5.41) is 6.50. The molecular weight excluding hydrogens is 485 g/mol. The molecule has 4 aromatic rings. The van der Waals surface area contributed by atoms with E-state index < -0.39 is 11.8 Å². The predicted molar refractivity (Wildman–Crippen MR) is 137 cm³/mol. The van der Waals surface area contributed by atoms with Crippen molar-refractivity contribution in [1.29, 1.82) is 0 Å². The van der Waals surface area contributed by atoms with Crippen LogP contribution in [0.2, 0.25) is 10.0 Å². The first-order chi connectivity index (χ1) is 16.9. The topological polar surface area (TPSA) is 84.2 Å². The lowest BCUT2D eigenvalue weighted by atomic mass is 10.1. The number of nitrogens with zero attached hydrogens (tertiary/aromatic N) is 1. The van der Waals surface area contributed by atoms with E-state index in [0.717, 1.165) is 11.1 Å². The zero-order chi connectivity index (χ0) is 24.8. The largest absolute Gasteiger partial charge is 0.457 e. The van der Waals surface area contributed by atoms with Crippen LogP contribution in [-0.4, -0.2) is 16.8 Å². The summed E-state index contributed by atoms with van der Waals surface area (Å²) < 4.78 is 5.89. The molecule has 0 unspecified atom stereocenters. The van der Waals surface area contributed by atoms with E-state index in [9.17, 15) is 9.59 Å². The lowest BCUT2D eigenvalue weighted by molar-refractivity contribution is -0.117. The van der Waals surface area contributed by atoms with Crippen molar-refractivity contribution < 1.29 is 14.0 Å². The van der Waals surface area contributed by atoms with Gasteiger partial charge in [0.15, 0.2) is 0 Å². The highest BCUT2D eigenvalue weighted by atomic mass is 35.5. The Kier molecular flexibility index (Phi) is 7.65. The summed E-state index contributed by atoms with van der Waals surface area (Å²) in [7, 11) is 0. The van der Waals surface area contributed by atoms with Crippen LogP contribution in [0.3, 0.4) is 0 Å². The van der Waals surface area contributed by atoms with E-state index in [1.165, 1.54) is 6.08 Å². The minimum absolute atomic E-state index is 0.0303. The maximum Gasteiger partial charge on any atom is 0.268 e. The van der Waals surface area contributed by atoms with Crippen LogP contribution in [0.1, 0.15) is 27.2 Å². The number of rotatable bonds is 7. The summed E-state index contributed by atoms with van der Waals surface area (Å²) >= 11 is 12.4. The molecule has 0 radical (unpaired) electrons. The fourth-order valence-electron chi connectivity index (χ4n) is 3.24. The number of halogens is 2. The molecule has 8 heteroatoms. The molecule has 176 valence electrons. The third-order valence-corrected chi connectivity index (χ3v) is 5.68. The Morgan fingerprint density at radius 3 is 2.46 bits per heavy atom. The molecule has 2 heterocycles.